The van der Waals surface area contributed by atoms with E-state index in [1.165, 1.54) is 18.4 Å². The molecule has 2 aromatic rings. The van der Waals surface area contributed by atoms with E-state index in [4.69, 9.17) is 0 Å². The van der Waals surface area contributed by atoms with Gasteiger partial charge in [0.05, 0.1) is 12.2 Å². The van der Waals surface area contributed by atoms with Gasteiger partial charge in [-0.1, -0.05) is 12.1 Å². The number of anilines is 1. The largest absolute Gasteiger partial charge is 0.326 e. The molecule has 4 nitrogen and oxygen atoms in total. The van der Waals surface area contributed by atoms with Gasteiger partial charge in [0.2, 0.25) is 5.91 Å². The molecule has 4 rings (SSSR count). The number of benzene rings is 1. The molecule has 1 amide bonds. The van der Waals surface area contributed by atoms with Crippen molar-refractivity contribution in [3.05, 3.63) is 36.2 Å². The van der Waals surface area contributed by atoms with E-state index in [0.29, 0.717) is 12.5 Å². The lowest BCUT2D eigenvalue weighted by Crippen LogP contribution is -2.18. The second-order valence-corrected chi connectivity index (χ2v) is 5.36. The fourth-order valence-corrected chi connectivity index (χ4v) is 2.58. The first-order valence-electron chi connectivity index (χ1n) is 6.77. The van der Waals surface area contributed by atoms with Crippen LogP contribution in [0.5, 0.6) is 0 Å². The molecule has 0 unspecified atom stereocenters. The van der Waals surface area contributed by atoms with Crippen molar-refractivity contribution in [3.63, 3.8) is 0 Å². The van der Waals surface area contributed by atoms with E-state index in [9.17, 15) is 4.79 Å². The number of rotatable bonds is 2. The van der Waals surface area contributed by atoms with Gasteiger partial charge in [-0.25, -0.2) is 0 Å². The number of aryl methyl sites for hydroxylation is 1. The third kappa shape index (κ3) is 1.93. The third-order valence-corrected chi connectivity index (χ3v) is 3.86. The van der Waals surface area contributed by atoms with Crippen molar-refractivity contribution in [1.82, 2.24) is 9.78 Å². The van der Waals surface area contributed by atoms with Gasteiger partial charge in [-0.15, -0.1) is 0 Å². The molecule has 2 aliphatic rings. The standard InChI is InChI=1S/C15H15N3O/c19-15-6-3-10-1-2-11(7-14(10)17-15)12-8-16-18(9-12)13-4-5-13/h1-2,7-9,13H,3-6H2,(H,17,19). The molecule has 0 spiro atoms. The maximum Gasteiger partial charge on any atom is 0.224 e. The van der Waals surface area contributed by atoms with Crippen LogP contribution in [-0.2, 0) is 11.2 Å². The topological polar surface area (TPSA) is 46.9 Å². The summed E-state index contributed by atoms with van der Waals surface area (Å²) in [7, 11) is 0. The molecule has 0 bridgehead atoms. The summed E-state index contributed by atoms with van der Waals surface area (Å²) < 4.78 is 2.05. The number of nitrogens with one attached hydrogen (secondary N) is 1. The first-order valence-corrected chi connectivity index (χ1v) is 6.77. The highest BCUT2D eigenvalue weighted by Crippen LogP contribution is 2.36. The molecule has 0 radical (unpaired) electrons. The molecule has 0 saturated heterocycles. The van der Waals surface area contributed by atoms with Gasteiger partial charge in [0.15, 0.2) is 0 Å². The van der Waals surface area contributed by atoms with Crippen molar-refractivity contribution in [1.29, 1.82) is 0 Å². The maximum atomic E-state index is 11.4. The Kier molecular flexibility index (Phi) is 2.24. The van der Waals surface area contributed by atoms with E-state index >= 15 is 0 Å². The minimum atomic E-state index is 0.110. The van der Waals surface area contributed by atoms with Gasteiger partial charge < -0.3 is 5.32 Å². The smallest absolute Gasteiger partial charge is 0.224 e. The summed E-state index contributed by atoms with van der Waals surface area (Å²) in [6.07, 6.45) is 7.91. The fraction of sp³-hybridized carbons (Fsp3) is 0.333. The Bertz CT molecular complexity index is 655. The normalized spacial score (nSPS) is 18.0. The van der Waals surface area contributed by atoms with Crippen LogP contribution in [0.25, 0.3) is 11.1 Å². The number of fused-ring (bicyclic) bond motifs is 1. The van der Waals surface area contributed by atoms with Crippen molar-refractivity contribution in [2.24, 2.45) is 0 Å². The summed E-state index contributed by atoms with van der Waals surface area (Å²) in [6.45, 7) is 0. The Morgan fingerprint density at radius 3 is 2.95 bits per heavy atom. The van der Waals surface area contributed by atoms with E-state index in [-0.39, 0.29) is 5.91 Å². The molecule has 1 N–H and O–H groups in total. The van der Waals surface area contributed by atoms with Crippen molar-refractivity contribution in [3.8, 4) is 11.1 Å². The average Bonchev–Trinajstić information content (AvgIpc) is 3.16. The Balaban J connectivity index is 1.70. The van der Waals surface area contributed by atoms with Crippen LogP contribution in [0.15, 0.2) is 30.6 Å². The van der Waals surface area contributed by atoms with Crippen molar-refractivity contribution < 1.29 is 4.79 Å². The number of amides is 1. The molecule has 96 valence electrons. The quantitative estimate of drug-likeness (QED) is 0.894. The van der Waals surface area contributed by atoms with E-state index < -0.39 is 0 Å². The highest BCUT2D eigenvalue weighted by Gasteiger charge is 2.24. The summed E-state index contributed by atoms with van der Waals surface area (Å²) in [5.41, 5.74) is 4.41. The van der Waals surface area contributed by atoms with E-state index in [1.54, 1.807) is 0 Å². The molecule has 2 heterocycles. The molecule has 0 atom stereocenters. The van der Waals surface area contributed by atoms with Gasteiger partial charge in [0.1, 0.15) is 0 Å². The van der Waals surface area contributed by atoms with Crippen LogP contribution >= 0.6 is 0 Å². The third-order valence-electron chi connectivity index (χ3n) is 3.86. The second-order valence-electron chi connectivity index (χ2n) is 5.36. The van der Waals surface area contributed by atoms with Gasteiger partial charge in [0.25, 0.3) is 0 Å². The molecule has 1 aliphatic heterocycles. The Morgan fingerprint density at radius 2 is 2.11 bits per heavy atom. The minimum Gasteiger partial charge on any atom is -0.326 e. The zero-order chi connectivity index (χ0) is 12.8. The summed E-state index contributed by atoms with van der Waals surface area (Å²) >= 11 is 0. The van der Waals surface area contributed by atoms with Crippen LogP contribution in [0.2, 0.25) is 0 Å². The number of carbonyl (C=O) groups excluding carboxylic acids is 1. The molecule has 1 aromatic carbocycles. The van der Waals surface area contributed by atoms with E-state index in [1.807, 2.05) is 10.9 Å². The molecule has 1 saturated carbocycles. The van der Waals surface area contributed by atoms with Gasteiger partial charge in [-0.2, -0.15) is 5.10 Å². The number of aromatic nitrogens is 2. The van der Waals surface area contributed by atoms with Gasteiger partial charge in [-0.05, 0) is 36.5 Å². The van der Waals surface area contributed by atoms with Crippen molar-refractivity contribution in [2.75, 3.05) is 5.32 Å². The van der Waals surface area contributed by atoms with Crippen LogP contribution in [0.1, 0.15) is 30.9 Å². The zero-order valence-corrected chi connectivity index (χ0v) is 10.6. The molecular formula is C15H15N3O. The molecule has 4 heteroatoms. The molecule has 1 fully saturated rings. The lowest BCUT2D eigenvalue weighted by Gasteiger charge is -2.17. The molecule has 19 heavy (non-hydrogen) atoms. The summed E-state index contributed by atoms with van der Waals surface area (Å²) in [5.74, 6) is 0.110. The van der Waals surface area contributed by atoms with E-state index in [2.05, 4.69) is 34.8 Å². The number of hydrogen-bond acceptors (Lipinski definition) is 2. The van der Waals surface area contributed by atoms with Crippen LogP contribution in [0, 0.1) is 0 Å². The molecule has 1 aromatic heterocycles. The molecular weight excluding hydrogens is 238 g/mol. The number of nitrogens with zero attached hydrogens (tertiary/aromatic N) is 2. The number of carbonyl (C=O) groups is 1. The van der Waals surface area contributed by atoms with Crippen LogP contribution in [-0.4, -0.2) is 15.7 Å². The van der Waals surface area contributed by atoms with Crippen molar-refractivity contribution in [2.45, 2.75) is 31.7 Å². The Morgan fingerprint density at radius 1 is 1.21 bits per heavy atom. The highest BCUT2D eigenvalue weighted by atomic mass is 16.1. The summed E-state index contributed by atoms with van der Waals surface area (Å²) in [6, 6.07) is 6.88. The average molecular weight is 253 g/mol. The monoisotopic (exact) mass is 253 g/mol. The van der Waals surface area contributed by atoms with Gasteiger partial charge in [0, 0.05) is 23.9 Å². The minimum absolute atomic E-state index is 0.110. The van der Waals surface area contributed by atoms with Gasteiger partial charge >= 0.3 is 0 Å². The predicted molar refractivity (Wildman–Crippen MR) is 72.9 cm³/mol. The zero-order valence-electron chi connectivity index (χ0n) is 10.6. The van der Waals surface area contributed by atoms with Crippen LogP contribution in [0.4, 0.5) is 5.69 Å². The lowest BCUT2D eigenvalue weighted by molar-refractivity contribution is -0.116. The first kappa shape index (κ1) is 10.8. The van der Waals surface area contributed by atoms with E-state index in [0.717, 1.165) is 23.2 Å². The molecule has 1 aliphatic carbocycles. The van der Waals surface area contributed by atoms with Crippen LogP contribution in [0.3, 0.4) is 0 Å². The Hall–Kier alpha value is -2.10. The predicted octanol–water partition coefficient (Wildman–Crippen LogP) is 2.77. The lowest BCUT2D eigenvalue weighted by atomic mass is 9.99. The maximum absolute atomic E-state index is 11.4. The summed E-state index contributed by atoms with van der Waals surface area (Å²) in [4.78, 5) is 11.4. The van der Waals surface area contributed by atoms with Crippen LogP contribution < -0.4 is 5.32 Å². The summed E-state index contributed by atoms with van der Waals surface area (Å²) in [5, 5.41) is 7.36. The van der Waals surface area contributed by atoms with Gasteiger partial charge in [-0.3, -0.25) is 9.48 Å². The Labute approximate surface area is 111 Å². The highest BCUT2D eigenvalue weighted by molar-refractivity contribution is 5.94. The fourth-order valence-electron chi connectivity index (χ4n) is 2.58. The SMILES string of the molecule is O=C1CCc2ccc(-c3cnn(C4CC4)c3)cc2N1. The number of hydrogen-bond donors (Lipinski definition) is 1. The van der Waals surface area contributed by atoms with Crippen molar-refractivity contribution >= 4 is 11.6 Å². The first-order chi connectivity index (χ1) is 9.29. The second kappa shape index (κ2) is 3.95.